The summed E-state index contributed by atoms with van der Waals surface area (Å²) < 4.78 is 5.31. The molecule has 1 aromatic rings. The van der Waals surface area contributed by atoms with E-state index < -0.39 is 0 Å². The van der Waals surface area contributed by atoms with Crippen molar-refractivity contribution in [1.29, 1.82) is 0 Å². The number of ether oxygens (including phenoxy) is 1. The Balaban J connectivity index is 2.28. The van der Waals surface area contributed by atoms with Gasteiger partial charge in [0.25, 0.3) is 0 Å². The van der Waals surface area contributed by atoms with Gasteiger partial charge in [0.15, 0.2) is 0 Å². The van der Waals surface area contributed by atoms with Gasteiger partial charge in [-0.1, -0.05) is 31.2 Å². The number of hydrogen-bond donors (Lipinski definition) is 1. The molecule has 0 radical (unpaired) electrons. The first-order valence-electron chi connectivity index (χ1n) is 6.67. The van der Waals surface area contributed by atoms with Crippen LogP contribution in [0.25, 0.3) is 0 Å². The van der Waals surface area contributed by atoms with Crippen LogP contribution in [0.3, 0.4) is 0 Å². The molecule has 0 aliphatic heterocycles. The van der Waals surface area contributed by atoms with E-state index in [2.05, 4.69) is 43.4 Å². The van der Waals surface area contributed by atoms with Gasteiger partial charge in [0.1, 0.15) is 0 Å². The lowest BCUT2D eigenvalue weighted by Gasteiger charge is -2.14. The summed E-state index contributed by atoms with van der Waals surface area (Å²) >= 11 is 0. The SMILES string of the molecule is CCOCCCNC(C)c1ccc(CC)cc1. The maximum absolute atomic E-state index is 5.31. The van der Waals surface area contributed by atoms with Crippen molar-refractivity contribution in [3.63, 3.8) is 0 Å². The topological polar surface area (TPSA) is 21.3 Å². The highest BCUT2D eigenvalue weighted by molar-refractivity contribution is 5.24. The summed E-state index contributed by atoms with van der Waals surface area (Å²) in [7, 11) is 0. The first-order valence-corrected chi connectivity index (χ1v) is 6.67. The van der Waals surface area contributed by atoms with E-state index >= 15 is 0 Å². The van der Waals surface area contributed by atoms with E-state index in [1.54, 1.807) is 0 Å². The van der Waals surface area contributed by atoms with Gasteiger partial charge in [-0.3, -0.25) is 0 Å². The van der Waals surface area contributed by atoms with E-state index in [4.69, 9.17) is 4.74 Å². The summed E-state index contributed by atoms with van der Waals surface area (Å²) in [6.07, 6.45) is 2.18. The highest BCUT2D eigenvalue weighted by Crippen LogP contribution is 2.13. The Bertz CT molecular complexity index is 294. The third kappa shape index (κ3) is 5.33. The highest BCUT2D eigenvalue weighted by atomic mass is 16.5. The predicted octanol–water partition coefficient (Wildman–Crippen LogP) is 3.33. The summed E-state index contributed by atoms with van der Waals surface area (Å²) in [6.45, 7) is 9.10. The average Bonchev–Trinajstić information content (AvgIpc) is 2.38. The van der Waals surface area contributed by atoms with Crippen LogP contribution in [-0.4, -0.2) is 19.8 Å². The molecule has 2 heteroatoms. The second-order valence-corrected chi connectivity index (χ2v) is 4.32. The molecule has 1 unspecified atom stereocenters. The zero-order valence-corrected chi connectivity index (χ0v) is 11.3. The molecule has 0 heterocycles. The van der Waals surface area contributed by atoms with Gasteiger partial charge in [-0.05, 0) is 44.4 Å². The van der Waals surface area contributed by atoms with Crippen molar-refractivity contribution in [2.24, 2.45) is 0 Å². The molecule has 0 aliphatic rings. The number of nitrogens with one attached hydrogen (secondary N) is 1. The Labute approximate surface area is 105 Å². The quantitative estimate of drug-likeness (QED) is 0.698. The van der Waals surface area contributed by atoms with Gasteiger partial charge in [0.2, 0.25) is 0 Å². The maximum atomic E-state index is 5.31. The zero-order chi connectivity index (χ0) is 12.5. The third-order valence-corrected chi connectivity index (χ3v) is 3.01. The number of aryl methyl sites for hydroxylation is 1. The first-order chi connectivity index (χ1) is 8.27. The minimum atomic E-state index is 0.419. The molecule has 1 atom stereocenters. The molecule has 96 valence electrons. The van der Waals surface area contributed by atoms with Crippen LogP contribution in [0.1, 0.15) is 44.4 Å². The maximum Gasteiger partial charge on any atom is 0.0477 e. The van der Waals surface area contributed by atoms with E-state index in [0.29, 0.717) is 6.04 Å². The molecule has 0 saturated heterocycles. The van der Waals surface area contributed by atoms with Crippen LogP contribution in [0, 0.1) is 0 Å². The molecule has 0 fully saturated rings. The van der Waals surface area contributed by atoms with Crippen LogP contribution in [0.15, 0.2) is 24.3 Å². The van der Waals surface area contributed by atoms with Crippen LogP contribution in [0.2, 0.25) is 0 Å². The third-order valence-electron chi connectivity index (χ3n) is 3.01. The predicted molar refractivity (Wildman–Crippen MR) is 73.3 cm³/mol. The van der Waals surface area contributed by atoms with E-state index in [1.165, 1.54) is 11.1 Å². The number of rotatable bonds is 8. The molecule has 0 aliphatic carbocycles. The second kappa shape index (κ2) is 8.26. The van der Waals surface area contributed by atoms with Crippen molar-refractivity contribution in [3.05, 3.63) is 35.4 Å². The van der Waals surface area contributed by atoms with Crippen molar-refractivity contribution in [3.8, 4) is 0 Å². The lowest BCUT2D eigenvalue weighted by molar-refractivity contribution is 0.144. The van der Waals surface area contributed by atoms with Gasteiger partial charge in [-0.2, -0.15) is 0 Å². The molecule has 1 N–H and O–H groups in total. The van der Waals surface area contributed by atoms with Crippen molar-refractivity contribution in [2.75, 3.05) is 19.8 Å². The fourth-order valence-electron chi connectivity index (χ4n) is 1.80. The van der Waals surface area contributed by atoms with Crippen LogP contribution in [0.4, 0.5) is 0 Å². The minimum Gasteiger partial charge on any atom is -0.382 e. The fraction of sp³-hybridized carbons (Fsp3) is 0.600. The lowest BCUT2D eigenvalue weighted by Crippen LogP contribution is -2.21. The Morgan fingerprint density at radius 1 is 1.18 bits per heavy atom. The van der Waals surface area contributed by atoms with Gasteiger partial charge in [0, 0.05) is 19.3 Å². The zero-order valence-electron chi connectivity index (χ0n) is 11.3. The van der Waals surface area contributed by atoms with E-state index in [0.717, 1.165) is 32.6 Å². The molecule has 1 rings (SSSR count). The summed E-state index contributed by atoms with van der Waals surface area (Å²) in [5, 5.41) is 3.52. The molecule has 17 heavy (non-hydrogen) atoms. The smallest absolute Gasteiger partial charge is 0.0477 e. The van der Waals surface area contributed by atoms with Crippen molar-refractivity contribution in [2.45, 2.75) is 39.7 Å². The molecule has 0 saturated carbocycles. The first kappa shape index (κ1) is 14.2. The van der Waals surface area contributed by atoms with E-state index in [1.807, 2.05) is 6.92 Å². The van der Waals surface area contributed by atoms with Gasteiger partial charge >= 0.3 is 0 Å². The molecule has 0 spiro atoms. The fourth-order valence-corrected chi connectivity index (χ4v) is 1.80. The molecular weight excluding hydrogens is 210 g/mol. The lowest BCUT2D eigenvalue weighted by atomic mass is 10.1. The largest absolute Gasteiger partial charge is 0.382 e. The van der Waals surface area contributed by atoms with Crippen LogP contribution in [-0.2, 0) is 11.2 Å². The Morgan fingerprint density at radius 2 is 1.88 bits per heavy atom. The summed E-state index contributed by atoms with van der Waals surface area (Å²) in [5.74, 6) is 0. The van der Waals surface area contributed by atoms with Crippen molar-refractivity contribution < 1.29 is 4.74 Å². The van der Waals surface area contributed by atoms with Gasteiger partial charge in [-0.15, -0.1) is 0 Å². The standard InChI is InChI=1S/C15H25NO/c1-4-14-7-9-15(10-8-14)13(3)16-11-6-12-17-5-2/h7-10,13,16H,4-6,11-12H2,1-3H3. The van der Waals surface area contributed by atoms with Gasteiger partial charge < -0.3 is 10.1 Å². The molecular formula is C15H25NO. The number of hydrogen-bond acceptors (Lipinski definition) is 2. The number of benzene rings is 1. The minimum absolute atomic E-state index is 0.419. The molecule has 0 aromatic heterocycles. The summed E-state index contributed by atoms with van der Waals surface area (Å²) in [6, 6.07) is 9.29. The van der Waals surface area contributed by atoms with Crippen LogP contribution in [0.5, 0.6) is 0 Å². The van der Waals surface area contributed by atoms with Crippen LogP contribution >= 0.6 is 0 Å². The van der Waals surface area contributed by atoms with Crippen molar-refractivity contribution >= 4 is 0 Å². The average molecular weight is 235 g/mol. The molecule has 1 aromatic carbocycles. The highest BCUT2D eigenvalue weighted by Gasteiger charge is 2.03. The Kier molecular flexibility index (Phi) is 6.90. The summed E-state index contributed by atoms with van der Waals surface area (Å²) in [4.78, 5) is 0. The molecule has 2 nitrogen and oxygen atoms in total. The summed E-state index contributed by atoms with van der Waals surface area (Å²) in [5.41, 5.74) is 2.76. The van der Waals surface area contributed by atoms with Crippen LogP contribution < -0.4 is 5.32 Å². The molecule has 0 bridgehead atoms. The van der Waals surface area contributed by atoms with E-state index in [9.17, 15) is 0 Å². The second-order valence-electron chi connectivity index (χ2n) is 4.32. The Morgan fingerprint density at radius 3 is 2.47 bits per heavy atom. The van der Waals surface area contributed by atoms with Crippen molar-refractivity contribution in [1.82, 2.24) is 5.32 Å². The van der Waals surface area contributed by atoms with E-state index in [-0.39, 0.29) is 0 Å². The van der Waals surface area contributed by atoms with Gasteiger partial charge in [0.05, 0.1) is 0 Å². The normalized spacial score (nSPS) is 12.6. The Hall–Kier alpha value is -0.860. The van der Waals surface area contributed by atoms with Gasteiger partial charge in [-0.25, -0.2) is 0 Å². The molecule has 0 amide bonds. The monoisotopic (exact) mass is 235 g/mol.